The highest BCUT2D eigenvalue weighted by Crippen LogP contribution is 2.27. The van der Waals surface area contributed by atoms with Crippen molar-refractivity contribution in [2.24, 2.45) is 17.8 Å². The predicted molar refractivity (Wildman–Crippen MR) is 51.3 cm³/mol. The average Bonchev–Trinajstić information content (AvgIpc) is 2.56. The van der Waals surface area contributed by atoms with Crippen molar-refractivity contribution in [3.63, 3.8) is 0 Å². The van der Waals surface area contributed by atoms with Crippen molar-refractivity contribution >= 4 is 5.91 Å². The molecule has 3 heteroatoms. The van der Waals surface area contributed by atoms with Crippen LogP contribution in [0.4, 0.5) is 0 Å². The molecule has 0 bridgehead atoms. The van der Waals surface area contributed by atoms with Crippen LogP contribution in [0.2, 0.25) is 0 Å². The second-order valence-corrected chi connectivity index (χ2v) is 4.66. The number of hydrogen-bond acceptors (Lipinski definition) is 2. The molecule has 2 atom stereocenters. The van der Waals surface area contributed by atoms with Crippen LogP contribution in [-0.2, 0) is 4.79 Å². The van der Waals surface area contributed by atoms with Gasteiger partial charge in [-0.25, -0.2) is 0 Å². The second kappa shape index (κ2) is 3.29. The molecule has 2 rings (SSSR count). The number of amides is 1. The third-order valence-electron chi connectivity index (χ3n) is 3.01. The molecule has 13 heavy (non-hydrogen) atoms. The van der Waals surface area contributed by atoms with Crippen molar-refractivity contribution in [2.75, 3.05) is 26.2 Å². The highest BCUT2D eigenvalue weighted by molar-refractivity contribution is 5.82. The Kier molecular flexibility index (Phi) is 2.28. The average molecular weight is 182 g/mol. The maximum atomic E-state index is 11.8. The molecule has 2 saturated heterocycles. The molecule has 0 aliphatic carbocycles. The first-order chi connectivity index (χ1) is 6.18. The molecule has 0 spiro atoms. The number of rotatable bonds is 2. The van der Waals surface area contributed by atoms with Crippen LogP contribution in [0.3, 0.4) is 0 Å². The Bertz CT molecular complexity index is 215. The minimum Gasteiger partial charge on any atom is -0.342 e. The summed E-state index contributed by atoms with van der Waals surface area (Å²) in [5.74, 6) is 1.85. The summed E-state index contributed by atoms with van der Waals surface area (Å²) >= 11 is 0. The lowest BCUT2D eigenvalue weighted by Gasteiger charge is -2.19. The van der Waals surface area contributed by atoms with Gasteiger partial charge in [-0.3, -0.25) is 4.79 Å². The molecule has 0 unspecified atom stereocenters. The first-order valence-corrected chi connectivity index (χ1v) is 5.18. The van der Waals surface area contributed by atoms with Crippen LogP contribution < -0.4 is 5.32 Å². The molecule has 0 aromatic carbocycles. The van der Waals surface area contributed by atoms with E-state index in [0.717, 1.165) is 26.2 Å². The van der Waals surface area contributed by atoms with Gasteiger partial charge in [0.1, 0.15) is 0 Å². The van der Waals surface area contributed by atoms with Gasteiger partial charge in [-0.15, -0.1) is 0 Å². The fourth-order valence-corrected chi connectivity index (χ4v) is 2.43. The summed E-state index contributed by atoms with van der Waals surface area (Å²) < 4.78 is 0. The van der Waals surface area contributed by atoms with Crippen molar-refractivity contribution < 1.29 is 4.79 Å². The number of carbonyl (C=O) groups excluding carboxylic acids is 1. The van der Waals surface area contributed by atoms with Crippen LogP contribution in [-0.4, -0.2) is 37.0 Å². The molecule has 1 N–H and O–H groups in total. The van der Waals surface area contributed by atoms with E-state index >= 15 is 0 Å². The zero-order valence-corrected chi connectivity index (χ0v) is 8.42. The third kappa shape index (κ3) is 1.57. The number of fused-ring (bicyclic) bond motifs is 1. The molecule has 0 aromatic rings. The van der Waals surface area contributed by atoms with Gasteiger partial charge in [-0.2, -0.15) is 0 Å². The van der Waals surface area contributed by atoms with Crippen molar-refractivity contribution in [2.45, 2.75) is 13.8 Å². The van der Waals surface area contributed by atoms with Gasteiger partial charge in [0.15, 0.2) is 0 Å². The Morgan fingerprint density at radius 3 is 2.92 bits per heavy atom. The predicted octanol–water partition coefficient (Wildman–Crippen LogP) is 0.320. The highest BCUT2D eigenvalue weighted by Gasteiger charge is 2.42. The zero-order valence-electron chi connectivity index (χ0n) is 8.42. The first kappa shape index (κ1) is 9.00. The molecule has 0 radical (unpaired) electrons. The van der Waals surface area contributed by atoms with Crippen molar-refractivity contribution in [1.82, 2.24) is 10.2 Å². The van der Waals surface area contributed by atoms with Gasteiger partial charge in [0.25, 0.3) is 0 Å². The summed E-state index contributed by atoms with van der Waals surface area (Å²) in [7, 11) is 0. The Morgan fingerprint density at radius 2 is 2.31 bits per heavy atom. The summed E-state index contributed by atoms with van der Waals surface area (Å²) in [6.07, 6.45) is 0. The Morgan fingerprint density at radius 1 is 1.54 bits per heavy atom. The van der Waals surface area contributed by atoms with E-state index in [2.05, 4.69) is 19.2 Å². The molecule has 2 aliphatic rings. The number of likely N-dealkylation sites (tertiary alicyclic amines) is 1. The van der Waals surface area contributed by atoms with Crippen LogP contribution in [0.1, 0.15) is 13.8 Å². The normalized spacial score (nSPS) is 33.2. The van der Waals surface area contributed by atoms with E-state index in [1.54, 1.807) is 0 Å². The van der Waals surface area contributed by atoms with Gasteiger partial charge in [-0.05, 0) is 5.92 Å². The lowest BCUT2D eigenvalue weighted by molar-refractivity contribution is -0.131. The fraction of sp³-hybridized carbons (Fsp3) is 0.900. The second-order valence-electron chi connectivity index (χ2n) is 4.66. The summed E-state index contributed by atoms with van der Waals surface area (Å²) in [4.78, 5) is 13.9. The van der Waals surface area contributed by atoms with E-state index < -0.39 is 0 Å². The molecule has 1 amide bonds. The smallest absolute Gasteiger partial charge is 0.227 e. The van der Waals surface area contributed by atoms with E-state index in [1.165, 1.54) is 0 Å². The van der Waals surface area contributed by atoms with Crippen LogP contribution >= 0.6 is 0 Å². The number of carbonyl (C=O) groups is 1. The van der Waals surface area contributed by atoms with Gasteiger partial charge < -0.3 is 10.2 Å². The van der Waals surface area contributed by atoms with Crippen LogP contribution in [0, 0.1) is 17.8 Å². The summed E-state index contributed by atoms with van der Waals surface area (Å²) in [6, 6.07) is 0. The molecular formula is C10H18N2O. The van der Waals surface area contributed by atoms with Crippen molar-refractivity contribution in [3.05, 3.63) is 0 Å². The molecule has 2 aliphatic heterocycles. The van der Waals surface area contributed by atoms with Gasteiger partial charge in [0.05, 0.1) is 5.92 Å². The third-order valence-corrected chi connectivity index (χ3v) is 3.01. The molecule has 2 fully saturated rings. The highest BCUT2D eigenvalue weighted by atomic mass is 16.2. The van der Waals surface area contributed by atoms with Crippen LogP contribution in [0.15, 0.2) is 0 Å². The number of hydrogen-bond donors (Lipinski definition) is 1. The molecular weight excluding hydrogens is 164 g/mol. The molecule has 0 aromatic heterocycles. The minimum absolute atomic E-state index is 0.291. The lowest BCUT2D eigenvalue weighted by Crippen LogP contribution is -2.33. The van der Waals surface area contributed by atoms with Crippen molar-refractivity contribution in [3.8, 4) is 0 Å². The Hall–Kier alpha value is -0.570. The summed E-state index contributed by atoms with van der Waals surface area (Å²) in [5.41, 5.74) is 0. The minimum atomic E-state index is 0.291. The van der Waals surface area contributed by atoms with E-state index in [-0.39, 0.29) is 0 Å². The van der Waals surface area contributed by atoms with Gasteiger partial charge in [0, 0.05) is 32.1 Å². The molecule has 0 saturated carbocycles. The van der Waals surface area contributed by atoms with E-state index in [9.17, 15) is 4.79 Å². The molecule has 74 valence electrons. The SMILES string of the molecule is CC(C)CN1C[C@H]2CNC[C@H]2C1=O. The summed E-state index contributed by atoms with van der Waals surface area (Å²) in [5, 5.41) is 3.28. The monoisotopic (exact) mass is 182 g/mol. The van der Waals surface area contributed by atoms with Crippen LogP contribution in [0.25, 0.3) is 0 Å². The molecule has 2 heterocycles. The van der Waals surface area contributed by atoms with E-state index in [4.69, 9.17) is 0 Å². The number of nitrogens with zero attached hydrogens (tertiary/aromatic N) is 1. The topological polar surface area (TPSA) is 32.3 Å². The van der Waals surface area contributed by atoms with Crippen molar-refractivity contribution in [1.29, 1.82) is 0 Å². The summed E-state index contributed by atoms with van der Waals surface area (Å²) in [6.45, 7) is 8.18. The van der Waals surface area contributed by atoms with Gasteiger partial charge in [0.2, 0.25) is 5.91 Å². The maximum absolute atomic E-state index is 11.8. The van der Waals surface area contributed by atoms with Gasteiger partial charge >= 0.3 is 0 Å². The quantitative estimate of drug-likeness (QED) is 0.667. The molecule has 3 nitrogen and oxygen atoms in total. The van der Waals surface area contributed by atoms with E-state index in [1.807, 2.05) is 4.90 Å². The Balaban J connectivity index is 1.98. The zero-order chi connectivity index (χ0) is 9.42. The Labute approximate surface area is 79.5 Å². The fourth-order valence-electron chi connectivity index (χ4n) is 2.43. The standard InChI is InChI=1S/C10H18N2O/c1-7(2)5-12-6-8-3-11-4-9(8)10(12)13/h7-9,11H,3-6H2,1-2H3/t8-,9-/m1/s1. The van der Waals surface area contributed by atoms with E-state index in [0.29, 0.717) is 23.7 Å². The largest absolute Gasteiger partial charge is 0.342 e. The van der Waals surface area contributed by atoms with Gasteiger partial charge in [-0.1, -0.05) is 13.8 Å². The lowest BCUT2D eigenvalue weighted by atomic mass is 10.0. The van der Waals surface area contributed by atoms with Crippen LogP contribution in [0.5, 0.6) is 0 Å². The number of nitrogens with one attached hydrogen (secondary N) is 1. The maximum Gasteiger partial charge on any atom is 0.227 e. The first-order valence-electron chi connectivity index (χ1n) is 5.18.